The van der Waals surface area contributed by atoms with E-state index < -0.39 is 0 Å². The predicted octanol–water partition coefficient (Wildman–Crippen LogP) is 4.08. The second kappa shape index (κ2) is 5.00. The highest BCUT2D eigenvalue weighted by Crippen LogP contribution is 2.35. The topological polar surface area (TPSA) is 29.9 Å². The van der Waals surface area contributed by atoms with Gasteiger partial charge in [-0.2, -0.15) is 0 Å². The third kappa shape index (κ3) is 2.12. The lowest BCUT2D eigenvalue weighted by molar-refractivity contribution is 0.381. The lowest BCUT2D eigenvalue weighted by Gasteiger charge is -2.25. The number of hydrogen-bond donors (Lipinski definition) is 1. The molecule has 1 aliphatic heterocycles. The molecule has 3 heterocycles. The number of rotatable bonds is 1. The molecule has 1 aliphatic rings. The van der Waals surface area contributed by atoms with Crippen molar-refractivity contribution >= 4 is 33.5 Å². The van der Waals surface area contributed by atoms with Crippen LogP contribution in [0.3, 0.4) is 0 Å². The van der Waals surface area contributed by atoms with Crippen molar-refractivity contribution in [3.05, 3.63) is 41.0 Å². The number of nitrogens with zero attached hydrogens (tertiary/aromatic N) is 2. The van der Waals surface area contributed by atoms with E-state index in [4.69, 9.17) is 11.6 Å². The van der Waals surface area contributed by atoms with Crippen molar-refractivity contribution in [2.75, 3.05) is 13.1 Å². The van der Waals surface area contributed by atoms with Crippen LogP contribution in [0.5, 0.6) is 0 Å². The van der Waals surface area contributed by atoms with Crippen molar-refractivity contribution in [1.82, 2.24) is 14.9 Å². The van der Waals surface area contributed by atoms with Gasteiger partial charge in [-0.1, -0.05) is 23.2 Å². The number of benzene rings is 1. The van der Waals surface area contributed by atoms with Crippen LogP contribution < -0.4 is 5.32 Å². The lowest BCUT2D eigenvalue weighted by atomic mass is 10.1. The number of pyridine rings is 1. The summed E-state index contributed by atoms with van der Waals surface area (Å²) < 4.78 is 2.42. The quantitative estimate of drug-likeness (QED) is 0.734. The molecule has 0 spiro atoms. The fourth-order valence-electron chi connectivity index (χ4n) is 3.45. The summed E-state index contributed by atoms with van der Waals surface area (Å²) in [5, 5.41) is 6.57. The van der Waals surface area contributed by atoms with E-state index in [1.165, 1.54) is 21.9 Å². The molecule has 4 rings (SSSR count). The van der Waals surface area contributed by atoms with Gasteiger partial charge in [-0.05, 0) is 51.1 Å². The van der Waals surface area contributed by atoms with Crippen LogP contribution in [0.15, 0.2) is 30.5 Å². The van der Waals surface area contributed by atoms with Gasteiger partial charge in [0.05, 0.1) is 10.5 Å². The number of aromatic nitrogens is 2. The molecule has 0 radical (unpaired) electrons. The van der Waals surface area contributed by atoms with Crippen LogP contribution in [0.4, 0.5) is 0 Å². The van der Waals surface area contributed by atoms with E-state index in [-0.39, 0.29) is 0 Å². The fraction of sp³-hybridized carbons (Fsp3) is 0.353. The average molecular weight is 300 g/mol. The Morgan fingerprint density at radius 3 is 2.81 bits per heavy atom. The molecule has 2 aromatic heterocycles. The van der Waals surface area contributed by atoms with Gasteiger partial charge in [0.1, 0.15) is 5.65 Å². The van der Waals surface area contributed by atoms with Crippen molar-refractivity contribution in [1.29, 1.82) is 0 Å². The number of fused-ring (bicyclic) bond motifs is 3. The molecule has 108 valence electrons. The van der Waals surface area contributed by atoms with E-state index in [9.17, 15) is 0 Å². The Morgan fingerprint density at radius 2 is 2.00 bits per heavy atom. The zero-order chi connectivity index (χ0) is 14.4. The van der Waals surface area contributed by atoms with Crippen molar-refractivity contribution in [3.63, 3.8) is 0 Å². The van der Waals surface area contributed by atoms with E-state index in [1.807, 2.05) is 6.07 Å². The summed E-state index contributed by atoms with van der Waals surface area (Å²) in [6, 6.07) is 9.21. The first-order chi connectivity index (χ1) is 10.2. The van der Waals surface area contributed by atoms with Gasteiger partial charge in [-0.25, -0.2) is 4.98 Å². The van der Waals surface area contributed by atoms with Crippen LogP contribution in [0.2, 0.25) is 5.02 Å². The third-order valence-electron chi connectivity index (χ3n) is 4.44. The van der Waals surface area contributed by atoms with Crippen molar-refractivity contribution in [2.24, 2.45) is 0 Å². The molecule has 0 atom stereocenters. The number of piperidine rings is 1. The minimum Gasteiger partial charge on any atom is -0.322 e. The van der Waals surface area contributed by atoms with E-state index >= 15 is 0 Å². The molecule has 0 bridgehead atoms. The molecule has 0 aliphatic carbocycles. The SMILES string of the molecule is Cc1ccc2c(c1)c1cc(Cl)cnc1n2C1CCNCC1. The summed E-state index contributed by atoms with van der Waals surface area (Å²) >= 11 is 6.17. The summed E-state index contributed by atoms with van der Waals surface area (Å²) in [5.74, 6) is 0. The number of aryl methyl sites for hydroxylation is 1. The Balaban J connectivity index is 2.06. The van der Waals surface area contributed by atoms with Crippen LogP contribution in [-0.4, -0.2) is 22.6 Å². The minimum absolute atomic E-state index is 0.516. The molecule has 1 aromatic carbocycles. The number of nitrogens with one attached hydrogen (secondary N) is 1. The van der Waals surface area contributed by atoms with E-state index in [1.54, 1.807) is 6.20 Å². The van der Waals surface area contributed by atoms with Gasteiger partial charge in [0, 0.05) is 23.0 Å². The predicted molar refractivity (Wildman–Crippen MR) is 88.1 cm³/mol. The highest BCUT2D eigenvalue weighted by Gasteiger charge is 2.21. The maximum Gasteiger partial charge on any atom is 0.141 e. The Hall–Kier alpha value is -1.58. The summed E-state index contributed by atoms with van der Waals surface area (Å²) in [6.07, 6.45) is 4.06. The smallest absolute Gasteiger partial charge is 0.141 e. The van der Waals surface area contributed by atoms with Gasteiger partial charge in [0.15, 0.2) is 0 Å². The molecule has 1 fully saturated rings. The molecule has 1 N–H and O–H groups in total. The first-order valence-electron chi connectivity index (χ1n) is 7.50. The zero-order valence-corrected chi connectivity index (χ0v) is 12.8. The molecule has 21 heavy (non-hydrogen) atoms. The largest absolute Gasteiger partial charge is 0.322 e. The van der Waals surface area contributed by atoms with Crippen LogP contribution in [-0.2, 0) is 0 Å². The minimum atomic E-state index is 0.516. The molecular formula is C17H18ClN3. The molecule has 0 unspecified atom stereocenters. The van der Waals surface area contributed by atoms with Gasteiger partial charge in [0.25, 0.3) is 0 Å². The van der Waals surface area contributed by atoms with E-state index in [0.29, 0.717) is 11.1 Å². The van der Waals surface area contributed by atoms with Gasteiger partial charge < -0.3 is 9.88 Å². The third-order valence-corrected chi connectivity index (χ3v) is 4.64. The fourth-order valence-corrected chi connectivity index (χ4v) is 3.60. The molecule has 0 amide bonds. The molecule has 3 nitrogen and oxygen atoms in total. The van der Waals surface area contributed by atoms with Crippen LogP contribution >= 0.6 is 11.6 Å². The summed E-state index contributed by atoms with van der Waals surface area (Å²) in [6.45, 7) is 4.28. The molecule has 3 aromatic rings. The van der Waals surface area contributed by atoms with Crippen LogP contribution in [0, 0.1) is 6.92 Å². The monoisotopic (exact) mass is 299 g/mol. The Kier molecular flexibility index (Phi) is 3.12. The van der Waals surface area contributed by atoms with Gasteiger partial charge in [-0.15, -0.1) is 0 Å². The maximum atomic E-state index is 6.17. The van der Waals surface area contributed by atoms with Crippen molar-refractivity contribution < 1.29 is 0 Å². The van der Waals surface area contributed by atoms with Crippen molar-refractivity contribution in [2.45, 2.75) is 25.8 Å². The lowest BCUT2D eigenvalue weighted by Crippen LogP contribution is -2.29. The highest BCUT2D eigenvalue weighted by molar-refractivity contribution is 6.31. The normalized spacial score (nSPS) is 16.9. The number of halogens is 1. The Morgan fingerprint density at radius 1 is 1.19 bits per heavy atom. The first-order valence-corrected chi connectivity index (χ1v) is 7.88. The Bertz CT molecular complexity index is 756. The summed E-state index contributed by atoms with van der Waals surface area (Å²) in [7, 11) is 0. The molecular weight excluding hydrogens is 282 g/mol. The first kappa shape index (κ1) is 13.1. The van der Waals surface area contributed by atoms with Crippen LogP contribution in [0.1, 0.15) is 24.4 Å². The average Bonchev–Trinajstić information content (AvgIpc) is 2.81. The summed E-state index contributed by atoms with van der Waals surface area (Å²) in [4.78, 5) is 4.63. The highest BCUT2D eigenvalue weighted by atomic mass is 35.5. The molecule has 0 saturated carbocycles. The van der Waals surface area contributed by atoms with Gasteiger partial charge in [0.2, 0.25) is 0 Å². The molecule has 4 heteroatoms. The van der Waals surface area contributed by atoms with Gasteiger partial charge >= 0.3 is 0 Å². The second-order valence-corrected chi connectivity index (χ2v) is 6.33. The van der Waals surface area contributed by atoms with Crippen LogP contribution in [0.25, 0.3) is 21.9 Å². The number of hydrogen-bond acceptors (Lipinski definition) is 2. The maximum absolute atomic E-state index is 6.17. The van der Waals surface area contributed by atoms with E-state index in [2.05, 4.69) is 40.0 Å². The standard InChI is InChI=1S/C17H18ClN3/c1-11-2-3-16-14(8-11)15-9-12(18)10-20-17(15)21(16)13-4-6-19-7-5-13/h2-3,8-10,13,19H,4-7H2,1H3. The summed E-state index contributed by atoms with van der Waals surface area (Å²) in [5.41, 5.74) is 3.61. The van der Waals surface area contributed by atoms with Crippen molar-refractivity contribution in [3.8, 4) is 0 Å². The Labute approximate surface area is 128 Å². The molecule has 1 saturated heterocycles. The second-order valence-electron chi connectivity index (χ2n) is 5.90. The zero-order valence-electron chi connectivity index (χ0n) is 12.1. The van der Waals surface area contributed by atoms with E-state index in [0.717, 1.165) is 31.6 Å². The van der Waals surface area contributed by atoms with Gasteiger partial charge in [-0.3, -0.25) is 0 Å².